The van der Waals surface area contributed by atoms with Gasteiger partial charge in [-0.25, -0.2) is 0 Å². The van der Waals surface area contributed by atoms with Crippen LogP contribution in [0.3, 0.4) is 0 Å². The number of guanidine groups is 1. The highest BCUT2D eigenvalue weighted by atomic mass is 32.1. The Morgan fingerprint density at radius 2 is 1.76 bits per heavy atom. The Balaban J connectivity index is 4.59. The van der Waals surface area contributed by atoms with Crippen LogP contribution in [0.25, 0.3) is 0 Å². The summed E-state index contributed by atoms with van der Waals surface area (Å²) in [6.45, 7) is 1.63. The molecule has 0 aromatic carbocycles. The smallest absolute Gasteiger partial charge is 0.244 e. The first-order valence-electron chi connectivity index (χ1n) is 7.60. The van der Waals surface area contributed by atoms with Crippen LogP contribution in [0.5, 0.6) is 0 Å². The van der Waals surface area contributed by atoms with Gasteiger partial charge in [0.05, 0.1) is 12.1 Å². The van der Waals surface area contributed by atoms with Crippen molar-refractivity contribution < 1.29 is 19.5 Å². The highest BCUT2D eigenvalue weighted by molar-refractivity contribution is 7.80. The maximum Gasteiger partial charge on any atom is 0.244 e. The Bertz CT molecular complexity index is 497. The number of aliphatic hydroxyl groups is 1. The summed E-state index contributed by atoms with van der Waals surface area (Å²) in [4.78, 5) is 39.1. The summed E-state index contributed by atoms with van der Waals surface area (Å²) < 4.78 is 0. The lowest BCUT2D eigenvalue weighted by molar-refractivity contribution is -0.132. The average Bonchev–Trinajstić information content (AvgIpc) is 2.52. The minimum absolute atomic E-state index is 0.0381. The Morgan fingerprint density at radius 1 is 1.16 bits per heavy atom. The first-order valence-corrected chi connectivity index (χ1v) is 8.23. The van der Waals surface area contributed by atoms with Gasteiger partial charge in [-0.2, -0.15) is 12.6 Å². The number of rotatable bonds is 11. The summed E-state index contributed by atoms with van der Waals surface area (Å²) in [6, 6.07) is -3.19. The molecule has 11 N–H and O–H groups in total. The number of carbonyl (C=O) groups excluding carboxylic acids is 3. The number of nitrogens with zero attached hydrogens (tertiary/aromatic N) is 1. The van der Waals surface area contributed by atoms with E-state index in [1.54, 1.807) is 0 Å². The molecule has 0 radical (unpaired) electrons. The monoisotopic (exact) mass is 377 g/mol. The second-order valence-corrected chi connectivity index (χ2v) is 5.79. The van der Waals surface area contributed by atoms with Gasteiger partial charge in [0.25, 0.3) is 0 Å². The molecule has 0 heterocycles. The van der Waals surface area contributed by atoms with Crippen molar-refractivity contribution in [3.63, 3.8) is 0 Å². The van der Waals surface area contributed by atoms with Gasteiger partial charge < -0.3 is 38.7 Å². The van der Waals surface area contributed by atoms with E-state index in [0.717, 1.165) is 0 Å². The standard InChI is InChI=1S/C13H27N7O4S/c1-6(21)9(10(15)22)20-12(24)8(5-25)19-11(23)7(14)3-2-4-18-13(16)17/h6-9,21,25H,2-5,14H2,1H3,(H2,15,22)(H,19,23)(H,20,24)(H4,16,17,18)/t6-,7+,8+,9+/m1/s1. The second-order valence-electron chi connectivity index (χ2n) is 5.43. The van der Waals surface area contributed by atoms with E-state index in [2.05, 4.69) is 28.3 Å². The van der Waals surface area contributed by atoms with Crippen LogP contribution in [0.2, 0.25) is 0 Å². The van der Waals surface area contributed by atoms with Crippen LogP contribution < -0.4 is 33.6 Å². The van der Waals surface area contributed by atoms with Gasteiger partial charge in [-0.1, -0.05) is 0 Å². The van der Waals surface area contributed by atoms with Crippen molar-refractivity contribution in [2.24, 2.45) is 27.9 Å². The van der Waals surface area contributed by atoms with Gasteiger partial charge in [0.1, 0.15) is 12.1 Å². The number of amides is 3. The Kier molecular flexibility index (Phi) is 10.6. The van der Waals surface area contributed by atoms with Crippen LogP contribution in [-0.2, 0) is 14.4 Å². The Morgan fingerprint density at radius 3 is 2.20 bits per heavy atom. The molecule has 0 bridgehead atoms. The first-order chi connectivity index (χ1) is 11.6. The fourth-order valence-electron chi connectivity index (χ4n) is 1.81. The minimum Gasteiger partial charge on any atom is -0.391 e. The van der Waals surface area contributed by atoms with E-state index < -0.39 is 42.0 Å². The van der Waals surface area contributed by atoms with Gasteiger partial charge in [0.15, 0.2) is 5.96 Å². The number of hydrogen-bond donors (Lipinski definition) is 8. The molecule has 0 aromatic rings. The van der Waals surface area contributed by atoms with Crippen LogP contribution >= 0.6 is 12.6 Å². The highest BCUT2D eigenvalue weighted by Crippen LogP contribution is 1.99. The number of thiol groups is 1. The zero-order valence-electron chi connectivity index (χ0n) is 14.0. The summed E-state index contributed by atoms with van der Waals surface area (Å²) in [5, 5.41) is 14.1. The van der Waals surface area contributed by atoms with Crippen molar-refractivity contribution in [1.29, 1.82) is 0 Å². The van der Waals surface area contributed by atoms with Gasteiger partial charge in [-0.05, 0) is 19.8 Å². The number of nitrogens with one attached hydrogen (secondary N) is 2. The van der Waals surface area contributed by atoms with Crippen LogP contribution in [0.15, 0.2) is 4.99 Å². The topological polar surface area (TPSA) is 212 Å². The molecule has 0 aliphatic heterocycles. The number of primary amides is 1. The molecule has 0 spiro atoms. The minimum atomic E-state index is -1.28. The Hall–Kier alpha value is -2.05. The van der Waals surface area contributed by atoms with E-state index in [4.69, 9.17) is 22.9 Å². The highest BCUT2D eigenvalue weighted by Gasteiger charge is 2.28. The quantitative estimate of drug-likeness (QED) is 0.0775. The molecule has 0 unspecified atom stereocenters. The normalized spacial score (nSPS) is 15.4. The molecule has 12 heteroatoms. The van der Waals surface area contributed by atoms with Crippen LogP contribution in [0, 0.1) is 0 Å². The van der Waals surface area contributed by atoms with Gasteiger partial charge in [0.2, 0.25) is 17.7 Å². The van der Waals surface area contributed by atoms with E-state index in [-0.39, 0.29) is 11.7 Å². The van der Waals surface area contributed by atoms with Crippen LogP contribution in [0.1, 0.15) is 19.8 Å². The SMILES string of the molecule is C[C@@H](O)[C@H](NC(=O)[C@H](CS)NC(=O)[C@@H](N)CCCN=C(N)N)C(N)=O. The molecular weight excluding hydrogens is 350 g/mol. The number of nitrogens with two attached hydrogens (primary N) is 4. The van der Waals surface area contributed by atoms with Crippen molar-refractivity contribution in [3.8, 4) is 0 Å². The van der Waals surface area contributed by atoms with Crippen molar-refractivity contribution in [2.45, 2.75) is 44.0 Å². The lowest BCUT2D eigenvalue weighted by Gasteiger charge is -2.23. The van der Waals surface area contributed by atoms with Crippen molar-refractivity contribution in [3.05, 3.63) is 0 Å². The summed E-state index contributed by atoms with van der Waals surface area (Å²) in [5.74, 6) is -2.26. The van der Waals surface area contributed by atoms with Crippen LogP contribution in [-0.4, -0.2) is 65.3 Å². The predicted octanol–water partition coefficient (Wildman–Crippen LogP) is -3.87. The zero-order valence-corrected chi connectivity index (χ0v) is 14.9. The van der Waals surface area contributed by atoms with Crippen LogP contribution in [0.4, 0.5) is 0 Å². The average molecular weight is 377 g/mol. The van der Waals surface area contributed by atoms with Crippen molar-refractivity contribution >= 4 is 36.3 Å². The summed E-state index contributed by atoms with van der Waals surface area (Å²) in [5.41, 5.74) is 21.2. The molecule has 4 atom stereocenters. The number of aliphatic imine (C=N–C) groups is 1. The molecule has 0 saturated heterocycles. The van der Waals surface area contributed by atoms with Gasteiger partial charge in [-0.3, -0.25) is 19.4 Å². The summed E-state index contributed by atoms with van der Waals surface area (Å²) in [6.07, 6.45) is -0.396. The third kappa shape index (κ3) is 9.12. The fraction of sp³-hybridized carbons (Fsp3) is 0.692. The van der Waals surface area contributed by atoms with E-state index >= 15 is 0 Å². The third-order valence-electron chi connectivity index (χ3n) is 3.21. The summed E-state index contributed by atoms with van der Waals surface area (Å²) >= 11 is 3.99. The van der Waals surface area contributed by atoms with E-state index in [1.807, 2.05) is 0 Å². The molecule has 0 rings (SSSR count). The summed E-state index contributed by atoms with van der Waals surface area (Å²) in [7, 11) is 0. The molecule has 0 aromatic heterocycles. The largest absolute Gasteiger partial charge is 0.391 e. The first kappa shape index (κ1) is 22.9. The van der Waals surface area contributed by atoms with Crippen molar-refractivity contribution in [2.75, 3.05) is 12.3 Å². The maximum atomic E-state index is 12.1. The molecule has 3 amide bonds. The molecule has 144 valence electrons. The van der Waals surface area contributed by atoms with E-state index in [0.29, 0.717) is 19.4 Å². The van der Waals surface area contributed by atoms with Crippen molar-refractivity contribution in [1.82, 2.24) is 10.6 Å². The molecule has 11 nitrogen and oxygen atoms in total. The number of carbonyl (C=O) groups is 3. The molecule has 25 heavy (non-hydrogen) atoms. The Labute approximate surface area is 151 Å². The second kappa shape index (κ2) is 11.5. The zero-order chi connectivity index (χ0) is 19.6. The number of aliphatic hydroxyl groups excluding tert-OH is 1. The lowest BCUT2D eigenvalue weighted by atomic mass is 10.1. The van der Waals surface area contributed by atoms with E-state index in [1.165, 1.54) is 6.92 Å². The van der Waals surface area contributed by atoms with Gasteiger partial charge in [0, 0.05) is 12.3 Å². The van der Waals surface area contributed by atoms with Gasteiger partial charge in [-0.15, -0.1) is 0 Å². The lowest BCUT2D eigenvalue weighted by Crippen LogP contribution is -2.58. The van der Waals surface area contributed by atoms with E-state index in [9.17, 15) is 19.5 Å². The maximum absolute atomic E-state index is 12.1. The third-order valence-corrected chi connectivity index (χ3v) is 3.57. The fourth-order valence-corrected chi connectivity index (χ4v) is 2.06. The number of hydrogen-bond acceptors (Lipinski definition) is 7. The van der Waals surface area contributed by atoms with Gasteiger partial charge >= 0.3 is 0 Å². The molecule has 0 aliphatic rings. The molecule has 0 fully saturated rings. The molecule has 0 saturated carbocycles. The molecule has 0 aliphatic carbocycles. The molecular formula is C13H27N7O4S. The predicted molar refractivity (Wildman–Crippen MR) is 96.5 cm³/mol.